The van der Waals surface area contributed by atoms with Gasteiger partial charge in [0.1, 0.15) is 0 Å². The molecule has 0 spiro atoms. The fourth-order valence-corrected chi connectivity index (χ4v) is 4.66. The molecule has 1 atom stereocenters. The van der Waals surface area contributed by atoms with Gasteiger partial charge in [-0.1, -0.05) is 51.1 Å². The van der Waals surface area contributed by atoms with E-state index >= 15 is 0 Å². The fraction of sp³-hybridized carbons (Fsp3) is 0.450. The number of hydrogen-bond acceptors (Lipinski definition) is 3. The zero-order valence-corrected chi connectivity index (χ0v) is 15.5. The van der Waals surface area contributed by atoms with E-state index in [1.54, 1.807) is 11.3 Å². The number of benzene rings is 1. The van der Waals surface area contributed by atoms with Gasteiger partial charge in [0.15, 0.2) is 0 Å². The highest BCUT2D eigenvalue weighted by molar-refractivity contribution is 7.16. The summed E-state index contributed by atoms with van der Waals surface area (Å²) in [7, 11) is 0. The van der Waals surface area contributed by atoms with Crippen molar-refractivity contribution in [3.63, 3.8) is 0 Å². The van der Waals surface area contributed by atoms with Gasteiger partial charge in [0.05, 0.1) is 10.6 Å². The summed E-state index contributed by atoms with van der Waals surface area (Å²) in [5, 5.41) is 3.69. The molecule has 3 rings (SSSR count). The van der Waals surface area contributed by atoms with Crippen molar-refractivity contribution in [1.82, 2.24) is 5.32 Å². The topological polar surface area (TPSA) is 55.1 Å². The van der Waals surface area contributed by atoms with Crippen LogP contribution < -0.4 is 11.1 Å². The lowest BCUT2D eigenvalue weighted by atomic mass is 9.72. The van der Waals surface area contributed by atoms with E-state index in [4.69, 9.17) is 5.73 Å². The Morgan fingerprint density at radius 3 is 2.67 bits per heavy atom. The van der Waals surface area contributed by atoms with Crippen molar-refractivity contribution < 1.29 is 4.79 Å². The van der Waals surface area contributed by atoms with E-state index in [0.717, 1.165) is 30.4 Å². The van der Waals surface area contributed by atoms with Crippen molar-refractivity contribution in [2.24, 2.45) is 11.3 Å². The summed E-state index contributed by atoms with van der Waals surface area (Å²) < 4.78 is 0. The fourth-order valence-electron chi connectivity index (χ4n) is 3.46. The van der Waals surface area contributed by atoms with Gasteiger partial charge in [0, 0.05) is 11.4 Å². The average molecular weight is 343 g/mol. The minimum absolute atomic E-state index is 0.0388. The molecule has 0 saturated heterocycles. The first-order chi connectivity index (χ1) is 11.4. The third-order valence-corrected chi connectivity index (χ3v) is 6.12. The summed E-state index contributed by atoms with van der Waals surface area (Å²) in [6.45, 7) is 7.43. The van der Waals surface area contributed by atoms with Gasteiger partial charge in [0.25, 0.3) is 5.91 Å². The molecule has 4 heteroatoms. The van der Waals surface area contributed by atoms with Crippen LogP contribution in [0.4, 0.5) is 5.00 Å². The Labute approximate surface area is 148 Å². The molecule has 0 fully saturated rings. The van der Waals surface area contributed by atoms with E-state index in [-0.39, 0.29) is 5.91 Å². The summed E-state index contributed by atoms with van der Waals surface area (Å²) in [5.41, 5.74) is 9.50. The van der Waals surface area contributed by atoms with Crippen LogP contribution in [0.15, 0.2) is 30.3 Å². The molecule has 3 nitrogen and oxygen atoms in total. The zero-order chi connectivity index (χ0) is 17.3. The first kappa shape index (κ1) is 17.0. The number of nitrogens with two attached hydrogens (primary N) is 1. The van der Waals surface area contributed by atoms with Gasteiger partial charge in [-0.15, -0.1) is 11.3 Å². The molecule has 3 N–H and O–H groups in total. The number of carbonyl (C=O) groups excluding carboxylic acids is 1. The van der Waals surface area contributed by atoms with Gasteiger partial charge in [-0.2, -0.15) is 0 Å². The second-order valence-corrected chi connectivity index (χ2v) is 8.85. The van der Waals surface area contributed by atoms with Gasteiger partial charge < -0.3 is 11.1 Å². The maximum atomic E-state index is 12.7. The first-order valence-corrected chi connectivity index (χ1v) is 9.40. The normalized spacial score (nSPS) is 17.4. The lowest BCUT2D eigenvalue weighted by molar-refractivity contribution is 0.0950. The van der Waals surface area contributed by atoms with Crippen LogP contribution in [0, 0.1) is 11.3 Å². The standard InChI is InChI=1S/C20H26N2OS/c1-20(2,3)14-9-10-15-16(11-14)24-18(21)17(15)19(23)22-12-13-7-5-4-6-8-13/h4-8,14H,9-12,21H2,1-3H3,(H,22,23)/t14-/m0/s1. The Kier molecular flexibility index (Phi) is 4.68. The lowest BCUT2D eigenvalue weighted by Gasteiger charge is -2.33. The van der Waals surface area contributed by atoms with Gasteiger partial charge in [-0.3, -0.25) is 4.79 Å². The molecular formula is C20H26N2OS. The average Bonchev–Trinajstić information content (AvgIpc) is 2.87. The molecule has 1 aromatic heterocycles. The van der Waals surface area contributed by atoms with E-state index in [9.17, 15) is 4.79 Å². The second-order valence-electron chi connectivity index (χ2n) is 7.72. The Balaban J connectivity index is 1.75. The highest BCUT2D eigenvalue weighted by Crippen LogP contribution is 2.43. The lowest BCUT2D eigenvalue weighted by Crippen LogP contribution is -2.28. The third kappa shape index (κ3) is 3.48. The van der Waals surface area contributed by atoms with Crippen LogP contribution in [0.5, 0.6) is 0 Å². The van der Waals surface area contributed by atoms with Crippen molar-refractivity contribution in [2.75, 3.05) is 5.73 Å². The van der Waals surface area contributed by atoms with Gasteiger partial charge in [-0.25, -0.2) is 0 Å². The maximum Gasteiger partial charge on any atom is 0.254 e. The van der Waals surface area contributed by atoms with Crippen LogP contribution in [-0.2, 0) is 19.4 Å². The number of carbonyl (C=O) groups is 1. The highest BCUT2D eigenvalue weighted by atomic mass is 32.1. The van der Waals surface area contributed by atoms with Crippen LogP contribution in [-0.4, -0.2) is 5.91 Å². The molecule has 0 aliphatic heterocycles. The summed E-state index contributed by atoms with van der Waals surface area (Å²) >= 11 is 1.60. The smallest absolute Gasteiger partial charge is 0.254 e. The van der Waals surface area contributed by atoms with E-state index in [0.29, 0.717) is 22.9 Å². The summed E-state index contributed by atoms with van der Waals surface area (Å²) in [6, 6.07) is 9.97. The number of rotatable bonds is 3. The molecule has 2 aromatic rings. The number of amides is 1. The van der Waals surface area contributed by atoms with Crippen molar-refractivity contribution in [3.05, 3.63) is 51.9 Å². The maximum absolute atomic E-state index is 12.7. The van der Waals surface area contributed by atoms with Gasteiger partial charge in [-0.05, 0) is 41.7 Å². The second kappa shape index (κ2) is 6.60. The van der Waals surface area contributed by atoms with E-state index in [2.05, 4.69) is 26.1 Å². The number of nitrogen functional groups attached to an aromatic ring is 1. The third-order valence-electron chi connectivity index (χ3n) is 5.04. The van der Waals surface area contributed by atoms with Crippen molar-refractivity contribution in [1.29, 1.82) is 0 Å². The minimum Gasteiger partial charge on any atom is -0.390 e. The van der Waals surface area contributed by atoms with Crippen molar-refractivity contribution in [2.45, 2.75) is 46.6 Å². The number of anilines is 1. The molecule has 0 saturated carbocycles. The molecule has 24 heavy (non-hydrogen) atoms. The monoisotopic (exact) mass is 342 g/mol. The Morgan fingerprint density at radius 1 is 1.29 bits per heavy atom. The van der Waals surface area contributed by atoms with Gasteiger partial charge >= 0.3 is 0 Å². The Bertz CT molecular complexity index is 728. The number of nitrogens with one attached hydrogen (secondary N) is 1. The molecule has 0 bridgehead atoms. The number of hydrogen-bond donors (Lipinski definition) is 2. The van der Waals surface area contributed by atoms with Crippen LogP contribution in [0.3, 0.4) is 0 Å². The SMILES string of the molecule is CC(C)(C)[C@H]1CCc2c(sc(N)c2C(=O)NCc2ccccc2)C1. The quantitative estimate of drug-likeness (QED) is 0.868. The highest BCUT2D eigenvalue weighted by Gasteiger charge is 2.33. The number of fused-ring (bicyclic) bond motifs is 1. The molecule has 128 valence electrons. The van der Waals surface area contributed by atoms with Crippen LogP contribution >= 0.6 is 11.3 Å². The zero-order valence-electron chi connectivity index (χ0n) is 14.7. The van der Waals surface area contributed by atoms with Crippen molar-refractivity contribution >= 4 is 22.2 Å². The van der Waals surface area contributed by atoms with Crippen LogP contribution in [0.1, 0.15) is 53.6 Å². The summed E-state index contributed by atoms with van der Waals surface area (Å²) in [5.74, 6) is 0.617. The summed E-state index contributed by atoms with van der Waals surface area (Å²) in [6.07, 6.45) is 3.13. The largest absolute Gasteiger partial charge is 0.390 e. The predicted octanol–water partition coefficient (Wildman–Crippen LogP) is 4.41. The van der Waals surface area contributed by atoms with E-state index < -0.39 is 0 Å². The molecule has 1 amide bonds. The minimum atomic E-state index is -0.0388. The van der Waals surface area contributed by atoms with Crippen molar-refractivity contribution in [3.8, 4) is 0 Å². The molecule has 0 unspecified atom stereocenters. The van der Waals surface area contributed by atoms with E-state index in [1.807, 2.05) is 30.3 Å². The van der Waals surface area contributed by atoms with Crippen LogP contribution in [0.25, 0.3) is 0 Å². The molecule has 0 radical (unpaired) electrons. The molecule has 1 aliphatic carbocycles. The molecule has 1 heterocycles. The van der Waals surface area contributed by atoms with E-state index in [1.165, 1.54) is 10.4 Å². The summed E-state index contributed by atoms with van der Waals surface area (Å²) in [4.78, 5) is 14.0. The molecule has 1 aromatic carbocycles. The van der Waals surface area contributed by atoms with Crippen LogP contribution in [0.2, 0.25) is 0 Å². The molecule has 1 aliphatic rings. The Morgan fingerprint density at radius 2 is 2.00 bits per heavy atom. The molecular weight excluding hydrogens is 316 g/mol. The van der Waals surface area contributed by atoms with Gasteiger partial charge in [0.2, 0.25) is 0 Å². The first-order valence-electron chi connectivity index (χ1n) is 8.58. The Hall–Kier alpha value is -1.81. The number of thiophene rings is 1. The predicted molar refractivity (Wildman–Crippen MR) is 101 cm³/mol.